The fourth-order valence-electron chi connectivity index (χ4n) is 2.49. The molecule has 1 amide bonds. The van der Waals surface area contributed by atoms with Crippen LogP contribution in [0, 0.1) is 19.8 Å². The van der Waals surface area contributed by atoms with Crippen LogP contribution in [0.25, 0.3) is 0 Å². The molecule has 1 aromatic carbocycles. The molecule has 4 nitrogen and oxygen atoms in total. The zero-order valence-electron chi connectivity index (χ0n) is 16.0. The lowest BCUT2D eigenvalue weighted by Crippen LogP contribution is -2.23. The Morgan fingerprint density at radius 1 is 1.19 bits per heavy atom. The summed E-state index contributed by atoms with van der Waals surface area (Å²) in [5, 5.41) is 2.99. The Bertz CT molecular complexity index is 798. The number of alkyl halides is 3. The van der Waals surface area contributed by atoms with E-state index in [1.54, 1.807) is 6.92 Å². The van der Waals surface area contributed by atoms with E-state index >= 15 is 0 Å². The zero-order chi connectivity index (χ0) is 20.4. The maximum absolute atomic E-state index is 12.6. The number of nitrogens with one attached hydrogen (secondary N) is 1. The number of anilines is 1. The topological polar surface area (TPSA) is 46.9 Å². The fraction of sp³-hybridized carbons (Fsp3) is 0.474. The van der Waals surface area contributed by atoms with Gasteiger partial charge in [-0.25, -0.2) is 4.98 Å². The molecule has 0 radical (unpaired) electrons. The van der Waals surface area contributed by atoms with Gasteiger partial charge in [-0.3, -0.25) is 4.79 Å². The first-order valence-corrected chi connectivity index (χ1v) is 9.55. The first-order chi connectivity index (χ1) is 12.5. The highest BCUT2D eigenvalue weighted by molar-refractivity contribution is 8.00. The van der Waals surface area contributed by atoms with Crippen molar-refractivity contribution in [2.24, 2.45) is 5.92 Å². The van der Waals surface area contributed by atoms with Gasteiger partial charge in [-0.15, -0.1) is 0 Å². The molecule has 8 heteroatoms. The van der Waals surface area contributed by atoms with Crippen LogP contribution in [0.2, 0.25) is 0 Å². The molecule has 0 aliphatic heterocycles. The number of carbonyl (C=O) groups excluding carboxylic acids is 1. The summed E-state index contributed by atoms with van der Waals surface area (Å²) >= 11 is 1.34. The fourth-order valence-corrected chi connectivity index (χ4v) is 3.50. The van der Waals surface area contributed by atoms with E-state index in [9.17, 15) is 18.0 Å². The first kappa shape index (κ1) is 21.3. The Balaban J connectivity index is 2.07. The molecule has 27 heavy (non-hydrogen) atoms. The molecule has 0 aliphatic rings. The van der Waals surface area contributed by atoms with Crippen molar-refractivity contribution in [3.63, 3.8) is 0 Å². The monoisotopic (exact) mass is 399 g/mol. The summed E-state index contributed by atoms with van der Waals surface area (Å²) in [6.45, 7) is 10.7. The first-order valence-electron chi connectivity index (χ1n) is 8.67. The molecule has 1 heterocycles. The third-order valence-electron chi connectivity index (χ3n) is 4.10. The Morgan fingerprint density at radius 3 is 2.30 bits per heavy atom. The minimum Gasteiger partial charge on any atom is -0.325 e. The van der Waals surface area contributed by atoms with Gasteiger partial charge >= 0.3 is 6.18 Å². The van der Waals surface area contributed by atoms with E-state index in [4.69, 9.17) is 0 Å². The van der Waals surface area contributed by atoms with Crippen molar-refractivity contribution in [1.29, 1.82) is 0 Å². The molecule has 0 saturated heterocycles. The van der Waals surface area contributed by atoms with Gasteiger partial charge in [0.25, 0.3) is 0 Å². The lowest BCUT2D eigenvalue weighted by molar-refractivity contribution is -0.137. The Hall–Kier alpha value is -1.96. The SMILES string of the molecule is Cc1nc(S[C@@H](C)C(=O)Nc2ccc(C(F)(F)F)cc2)n(CC(C)C)c1C. The summed E-state index contributed by atoms with van der Waals surface area (Å²) in [4.78, 5) is 17.0. The highest BCUT2D eigenvalue weighted by Gasteiger charge is 2.30. The second-order valence-corrected chi connectivity index (χ2v) is 8.20. The number of carbonyl (C=O) groups is 1. The van der Waals surface area contributed by atoms with Gasteiger partial charge in [0, 0.05) is 17.9 Å². The largest absolute Gasteiger partial charge is 0.416 e. The number of amides is 1. The van der Waals surface area contributed by atoms with Crippen molar-refractivity contribution < 1.29 is 18.0 Å². The molecule has 148 valence electrons. The van der Waals surface area contributed by atoms with E-state index in [-0.39, 0.29) is 5.91 Å². The van der Waals surface area contributed by atoms with E-state index in [1.807, 2.05) is 13.8 Å². The summed E-state index contributed by atoms with van der Waals surface area (Å²) in [5.74, 6) is 0.155. The van der Waals surface area contributed by atoms with Crippen LogP contribution < -0.4 is 5.32 Å². The van der Waals surface area contributed by atoms with Crippen LogP contribution in [0.3, 0.4) is 0 Å². The van der Waals surface area contributed by atoms with Gasteiger partial charge in [0.05, 0.1) is 16.5 Å². The van der Waals surface area contributed by atoms with Gasteiger partial charge in [-0.1, -0.05) is 25.6 Å². The molecule has 2 aromatic rings. The highest BCUT2D eigenvalue weighted by Crippen LogP contribution is 2.30. The summed E-state index contributed by atoms with van der Waals surface area (Å²) < 4.78 is 39.9. The molecule has 0 spiro atoms. The van der Waals surface area contributed by atoms with Crippen LogP contribution in [-0.2, 0) is 17.5 Å². The number of imidazole rings is 1. The number of aryl methyl sites for hydroxylation is 1. The number of thioether (sulfide) groups is 1. The molecule has 0 bridgehead atoms. The Labute approximate surface area is 161 Å². The van der Waals surface area contributed by atoms with Crippen molar-refractivity contribution >= 4 is 23.4 Å². The minimum atomic E-state index is -4.39. The van der Waals surface area contributed by atoms with Crippen molar-refractivity contribution in [2.75, 3.05) is 5.32 Å². The van der Waals surface area contributed by atoms with Crippen molar-refractivity contribution in [3.05, 3.63) is 41.2 Å². The molecule has 0 unspecified atom stereocenters. The predicted octanol–water partition coefficient (Wildman–Crippen LogP) is 5.29. The second-order valence-electron chi connectivity index (χ2n) is 6.89. The lowest BCUT2D eigenvalue weighted by Gasteiger charge is -2.15. The van der Waals surface area contributed by atoms with Crippen molar-refractivity contribution in [2.45, 2.75) is 57.7 Å². The van der Waals surface area contributed by atoms with Gasteiger partial charge in [-0.2, -0.15) is 13.2 Å². The molecular weight excluding hydrogens is 375 g/mol. The van der Waals surface area contributed by atoms with E-state index in [1.165, 1.54) is 23.9 Å². The molecule has 1 N–H and O–H groups in total. The summed E-state index contributed by atoms with van der Waals surface area (Å²) in [6.07, 6.45) is -4.39. The predicted molar refractivity (Wildman–Crippen MR) is 102 cm³/mol. The van der Waals surface area contributed by atoms with Crippen molar-refractivity contribution in [3.8, 4) is 0 Å². The van der Waals surface area contributed by atoms with Crippen LogP contribution in [0.4, 0.5) is 18.9 Å². The number of rotatable bonds is 6. The van der Waals surface area contributed by atoms with E-state index in [0.29, 0.717) is 11.6 Å². The van der Waals surface area contributed by atoms with E-state index < -0.39 is 17.0 Å². The van der Waals surface area contributed by atoms with Gasteiger partial charge < -0.3 is 9.88 Å². The lowest BCUT2D eigenvalue weighted by atomic mass is 10.2. The smallest absolute Gasteiger partial charge is 0.325 e. The molecule has 0 saturated carbocycles. The van der Waals surface area contributed by atoms with Crippen LogP contribution >= 0.6 is 11.8 Å². The van der Waals surface area contributed by atoms with Gasteiger partial charge in [0.15, 0.2) is 5.16 Å². The van der Waals surface area contributed by atoms with Crippen LogP contribution in [0.1, 0.15) is 37.7 Å². The third kappa shape index (κ3) is 5.51. The minimum absolute atomic E-state index is 0.283. The number of benzene rings is 1. The summed E-state index contributed by atoms with van der Waals surface area (Å²) in [5.41, 5.74) is 1.58. The maximum atomic E-state index is 12.6. The van der Waals surface area contributed by atoms with E-state index in [2.05, 4.69) is 28.7 Å². The normalized spacial score (nSPS) is 13.1. The van der Waals surface area contributed by atoms with Crippen LogP contribution in [0.5, 0.6) is 0 Å². The Morgan fingerprint density at radius 2 is 1.78 bits per heavy atom. The van der Waals surface area contributed by atoms with Crippen LogP contribution in [-0.4, -0.2) is 20.7 Å². The van der Waals surface area contributed by atoms with Gasteiger partial charge in [-0.05, 0) is 51.0 Å². The number of nitrogens with zero attached hydrogens (tertiary/aromatic N) is 2. The standard InChI is InChI=1S/C19H24F3N3OS/c1-11(2)10-25-13(4)12(3)23-18(25)27-14(5)17(26)24-16-8-6-15(7-9-16)19(20,21)22/h6-9,11,14H,10H2,1-5H3,(H,24,26)/t14-/m0/s1. The maximum Gasteiger partial charge on any atom is 0.416 e. The zero-order valence-corrected chi connectivity index (χ0v) is 16.8. The molecule has 1 aromatic heterocycles. The number of hydrogen-bond acceptors (Lipinski definition) is 3. The molecule has 0 aliphatic carbocycles. The van der Waals surface area contributed by atoms with Crippen LogP contribution in [0.15, 0.2) is 29.4 Å². The number of halogens is 3. The molecule has 2 rings (SSSR count). The summed E-state index contributed by atoms with van der Waals surface area (Å²) in [6, 6.07) is 4.42. The highest BCUT2D eigenvalue weighted by atomic mass is 32.2. The quantitative estimate of drug-likeness (QED) is 0.671. The van der Waals surface area contributed by atoms with Gasteiger partial charge in [0.1, 0.15) is 0 Å². The van der Waals surface area contributed by atoms with Crippen molar-refractivity contribution in [1.82, 2.24) is 9.55 Å². The number of hydrogen-bond donors (Lipinski definition) is 1. The average molecular weight is 399 g/mol. The Kier molecular flexibility index (Phi) is 6.62. The number of aromatic nitrogens is 2. The molecule has 1 atom stereocenters. The second kappa shape index (κ2) is 8.37. The third-order valence-corrected chi connectivity index (χ3v) is 5.19. The average Bonchev–Trinajstić information content (AvgIpc) is 2.81. The molecular formula is C19H24F3N3OS. The summed E-state index contributed by atoms with van der Waals surface area (Å²) in [7, 11) is 0. The van der Waals surface area contributed by atoms with Gasteiger partial charge in [0.2, 0.25) is 5.91 Å². The van der Waals surface area contributed by atoms with E-state index in [0.717, 1.165) is 35.2 Å². The molecule has 0 fully saturated rings.